The van der Waals surface area contributed by atoms with Gasteiger partial charge in [-0.3, -0.25) is 4.98 Å². The molecular formula is C10H11NO. The number of hydrogen-bond donors (Lipinski definition) is 0. The zero-order valence-corrected chi connectivity index (χ0v) is 7.03. The maximum atomic E-state index is 5.02. The highest BCUT2D eigenvalue weighted by molar-refractivity contribution is 5.27. The summed E-state index contributed by atoms with van der Waals surface area (Å²) in [6.45, 7) is 0. The Labute approximate surface area is 71.9 Å². The second-order valence-electron chi connectivity index (χ2n) is 2.89. The minimum absolute atomic E-state index is 0.538. The maximum Gasteiger partial charge on any atom is 0.137 e. The number of hydrogen-bond acceptors (Lipinski definition) is 2. The van der Waals surface area contributed by atoms with Crippen LogP contribution in [0.3, 0.4) is 0 Å². The van der Waals surface area contributed by atoms with Gasteiger partial charge in [0.1, 0.15) is 5.75 Å². The van der Waals surface area contributed by atoms with Crippen LogP contribution in [0.2, 0.25) is 0 Å². The van der Waals surface area contributed by atoms with Crippen molar-refractivity contribution in [2.45, 2.75) is 12.3 Å². The highest BCUT2D eigenvalue weighted by Gasteiger charge is 2.13. The lowest BCUT2D eigenvalue weighted by atomic mass is 9.92. The van der Waals surface area contributed by atoms with Gasteiger partial charge in [0.25, 0.3) is 0 Å². The first kappa shape index (κ1) is 7.35. The first-order valence-corrected chi connectivity index (χ1v) is 4.07. The van der Waals surface area contributed by atoms with Gasteiger partial charge in [-0.1, -0.05) is 12.2 Å². The van der Waals surface area contributed by atoms with E-state index in [0.29, 0.717) is 5.92 Å². The van der Waals surface area contributed by atoms with Crippen molar-refractivity contribution in [2.24, 2.45) is 0 Å². The second-order valence-corrected chi connectivity index (χ2v) is 2.89. The van der Waals surface area contributed by atoms with E-state index in [1.54, 1.807) is 13.3 Å². The monoisotopic (exact) mass is 161 g/mol. The number of rotatable bonds is 2. The molecule has 2 nitrogen and oxygen atoms in total. The Morgan fingerprint density at radius 1 is 1.50 bits per heavy atom. The summed E-state index contributed by atoms with van der Waals surface area (Å²) in [5.41, 5.74) is 1.14. The van der Waals surface area contributed by atoms with Gasteiger partial charge in [0, 0.05) is 11.6 Å². The molecule has 1 unspecified atom stereocenters. The lowest BCUT2D eigenvalue weighted by Crippen LogP contribution is -2.03. The fourth-order valence-electron chi connectivity index (χ4n) is 1.22. The van der Waals surface area contributed by atoms with Crippen LogP contribution in [0, 0.1) is 0 Å². The number of nitrogens with zero attached hydrogens (tertiary/aromatic N) is 1. The molecule has 0 aliphatic heterocycles. The van der Waals surface area contributed by atoms with Gasteiger partial charge in [-0.2, -0.15) is 0 Å². The van der Waals surface area contributed by atoms with Gasteiger partial charge in [0.2, 0.25) is 0 Å². The Morgan fingerprint density at radius 2 is 2.33 bits per heavy atom. The summed E-state index contributed by atoms with van der Waals surface area (Å²) in [5.74, 6) is 1.36. The molecule has 1 aromatic rings. The van der Waals surface area contributed by atoms with Crippen LogP contribution < -0.4 is 4.74 Å². The van der Waals surface area contributed by atoms with Crippen LogP contribution in [0.15, 0.2) is 30.5 Å². The minimum atomic E-state index is 0.538. The van der Waals surface area contributed by atoms with Crippen LogP contribution in [-0.4, -0.2) is 12.1 Å². The van der Waals surface area contributed by atoms with Crippen LogP contribution in [0.5, 0.6) is 5.75 Å². The molecule has 62 valence electrons. The molecule has 0 saturated heterocycles. The normalized spacial score (nSPS) is 20.2. The van der Waals surface area contributed by atoms with E-state index in [4.69, 9.17) is 4.74 Å². The first-order valence-electron chi connectivity index (χ1n) is 4.07. The standard InChI is InChI=1S/C10H11NO/c1-12-9-5-6-10(11-7-9)8-3-2-4-8/h2-3,5-8H,4H2,1H3. The average molecular weight is 161 g/mol. The molecule has 1 heterocycles. The molecule has 0 N–H and O–H groups in total. The molecule has 0 amide bonds. The number of ether oxygens (including phenoxy) is 1. The number of pyridine rings is 1. The Hall–Kier alpha value is -1.31. The predicted octanol–water partition coefficient (Wildman–Crippen LogP) is 2.13. The molecule has 0 radical (unpaired) electrons. The fourth-order valence-corrected chi connectivity index (χ4v) is 1.22. The van der Waals surface area contributed by atoms with E-state index in [9.17, 15) is 0 Å². The highest BCUT2D eigenvalue weighted by atomic mass is 16.5. The molecular weight excluding hydrogens is 150 g/mol. The maximum absolute atomic E-state index is 5.02. The zero-order valence-electron chi connectivity index (χ0n) is 7.03. The van der Waals surface area contributed by atoms with Crippen LogP contribution in [0.1, 0.15) is 18.0 Å². The third-order valence-corrected chi connectivity index (χ3v) is 2.13. The summed E-state index contributed by atoms with van der Waals surface area (Å²) in [7, 11) is 1.65. The highest BCUT2D eigenvalue weighted by Crippen LogP contribution is 2.27. The van der Waals surface area contributed by atoms with Crippen LogP contribution in [-0.2, 0) is 0 Å². The fraction of sp³-hybridized carbons (Fsp3) is 0.300. The van der Waals surface area contributed by atoms with Gasteiger partial charge in [-0.25, -0.2) is 0 Å². The average Bonchev–Trinajstić information content (AvgIpc) is 2.03. The van der Waals surface area contributed by atoms with E-state index >= 15 is 0 Å². The van der Waals surface area contributed by atoms with Crippen molar-refractivity contribution in [1.82, 2.24) is 4.98 Å². The molecule has 0 spiro atoms. The summed E-state index contributed by atoms with van der Waals surface area (Å²) in [5, 5.41) is 0. The van der Waals surface area contributed by atoms with E-state index in [-0.39, 0.29) is 0 Å². The molecule has 0 aromatic carbocycles. The van der Waals surface area contributed by atoms with E-state index in [2.05, 4.69) is 17.1 Å². The predicted molar refractivity (Wildman–Crippen MR) is 47.3 cm³/mol. The lowest BCUT2D eigenvalue weighted by Gasteiger charge is -2.16. The molecule has 0 saturated carbocycles. The van der Waals surface area contributed by atoms with Crippen molar-refractivity contribution in [1.29, 1.82) is 0 Å². The van der Waals surface area contributed by atoms with Gasteiger partial charge >= 0.3 is 0 Å². The molecule has 1 aromatic heterocycles. The van der Waals surface area contributed by atoms with Crippen LogP contribution in [0.4, 0.5) is 0 Å². The third-order valence-electron chi connectivity index (χ3n) is 2.13. The Morgan fingerprint density at radius 3 is 2.75 bits per heavy atom. The number of aromatic nitrogens is 1. The molecule has 2 rings (SSSR count). The Bertz CT molecular complexity index is 289. The molecule has 0 fully saturated rings. The van der Waals surface area contributed by atoms with Gasteiger partial charge in [0.05, 0.1) is 13.3 Å². The SMILES string of the molecule is COc1ccc(C2C=CC2)nc1. The molecule has 1 atom stereocenters. The van der Waals surface area contributed by atoms with E-state index in [1.807, 2.05) is 12.1 Å². The van der Waals surface area contributed by atoms with Crippen molar-refractivity contribution >= 4 is 0 Å². The molecule has 0 bridgehead atoms. The molecule has 1 aliphatic rings. The van der Waals surface area contributed by atoms with Crippen molar-refractivity contribution in [3.05, 3.63) is 36.2 Å². The van der Waals surface area contributed by atoms with Crippen LogP contribution in [0.25, 0.3) is 0 Å². The van der Waals surface area contributed by atoms with Crippen molar-refractivity contribution in [3.63, 3.8) is 0 Å². The van der Waals surface area contributed by atoms with Gasteiger partial charge in [-0.05, 0) is 18.6 Å². The Kier molecular flexibility index (Phi) is 1.82. The van der Waals surface area contributed by atoms with E-state index in [1.165, 1.54) is 0 Å². The summed E-state index contributed by atoms with van der Waals surface area (Å²) >= 11 is 0. The van der Waals surface area contributed by atoms with Gasteiger partial charge in [0.15, 0.2) is 0 Å². The summed E-state index contributed by atoms with van der Waals surface area (Å²) in [6, 6.07) is 3.97. The van der Waals surface area contributed by atoms with Gasteiger partial charge < -0.3 is 4.74 Å². The largest absolute Gasteiger partial charge is 0.495 e. The van der Waals surface area contributed by atoms with Crippen molar-refractivity contribution < 1.29 is 4.74 Å². The third kappa shape index (κ3) is 1.20. The molecule has 1 aliphatic carbocycles. The van der Waals surface area contributed by atoms with Crippen molar-refractivity contribution in [2.75, 3.05) is 7.11 Å². The zero-order chi connectivity index (χ0) is 8.39. The van der Waals surface area contributed by atoms with E-state index < -0.39 is 0 Å². The first-order chi connectivity index (χ1) is 5.90. The lowest BCUT2D eigenvalue weighted by molar-refractivity contribution is 0.412. The second kappa shape index (κ2) is 2.97. The summed E-state index contributed by atoms with van der Waals surface area (Å²) in [6.07, 6.45) is 7.23. The number of allylic oxidation sites excluding steroid dienone is 2. The minimum Gasteiger partial charge on any atom is -0.495 e. The van der Waals surface area contributed by atoms with Crippen LogP contribution >= 0.6 is 0 Å². The molecule has 2 heteroatoms. The summed E-state index contributed by atoms with van der Waals surface area (Å²) < 4.78 is 5.02. The summed E-state index contributed by atoms with van der Waals surface area (Å²) in [4.78, 5) is 4.30. The van der Waals surface area contributed by atoms with Gasteiger partial charge in [-0.15, -0.1) is 0 Å². The van der Waals surface area contributed by atoms with E-state index in [0.717, 1.165) is 17.9 Å². The number of methoxy groups -OCH3 is 1. The quantitative estimate of drug-likeness (QED) is 0.620. The Balaban J connectivity index is 2.18. The van der Waals surface area contributed by atoms with Crippen molar-refractivity contribution in [3.8, 4) is 5.75 Å². The smallest absolute Gasteiger partial charge is 0.137 e. The topological polar surface area (TPSA) is 22.1 Å². The molecule has 12 heavy (non-hydrogen) atoms.